The molecule has 0 unspecified atom stereocenters. The number of carbonyl (C=O) groups excluding carboxylic acids is 1. The summed E-state index contributed by atoms with van der Waals surface area (Å²) in [4.78, 5) is 27.0. The number of nitrogens with zero attached hydrogens (tertiary/aromatic N) is 4. The molecule has 0 radical (unpaired) electrons. The highest BCUT2D eigenvalue weighted by Crippen LogP contribution is 2.37. The van der Waals surface area contributed by atoms with E-state index in [0.29, 0.717) is 18.5 Å². The molecule has 182 valence electrons. The van der Waals surface area contributed by atoms with Crippen molar-refractivity contribution in [3.05, 3.63) is 51.9 Å². The molecule has 1 amide bonds. The van der Waals surface area contributed by atoms with Crippen LogP contribution in [-0.2, 0) is 11.2 Å². The third kappa shape index (κ3) is 6.38. The molecule has 2 aromatic rings. The number of aryl methyl sites for hydroxylation is 1. The number of benzene rings is 1. The fourth-order valence-electron chi connectivity index (χ4n) is 4.63. The van der Waals surface area contributed by atoms with E-state index in [9.17, 15) is 4.79 Å². The first-order valence-corrected chi connectivity index (χ1v) is 12.1. The van der Waals surface area contributed by atoms with Crippen molar-refractivity contribution in [3.63, 3.8) is 0 Å². The van der Waals surface area contributed by atoms with E-state index in [1.165, 1.54) is 11.3 Å². The Hall–Kier alpha value is -1.41. The molecule has 1 aromatic carbocycles. The highest BCUT2D eigenvalue weighted by atomic mass is 79.9. The monoisotopic (exact) mass is 557 g/mol. The van der Waals surface area contributed by atoms with Crippen LogP contribution < -0.4 is 10.2 Å². The first-order chi connectivity index (χ1) is 14.9. The standard InChI is InChI=1S/C24H32BrN5O.2ClH/c1-16(2)26-14-20(18-5-7-19(25)8-6-18)24(31)30-12-10-29(11-13-30)23-22-17(3)4-9-21(22)27-15-28-23;;/h5-8,15-17,20,26H,4,9-14H2,1-3H3;2*1H/t17-,20-;;/m1../s1. The Morgan fingerprint density at radius 2 is 1.79 bits per heavy atom. The Kier molecular flexibility index (Phi) is 10.4. The second-order valence-electron chi connectivity index (χ2n) is 8.98. The van der Waals surface area contributed by atoms with Gasteiger partial charge in [-0.15, -0.1) is 24.8 Å². The van der Waals surface area contributed by atoms with E-state index in [-0.39, 0.29) is 36.6 Å². The van der Waals surface area contributed by atoms with Crippen molar-refractivity contribution < 1.29 is 4.79 Å². The summed E-state index contributed by atoms with van der Waals surface area (Å²) in [6, 6.07) is 8.47. The molecule has 1 aliphatic heterocycles. The molecule has 2 atom stereocenters. The predicted molar refractivity (Wildman–Crippen MR) is 142 cm³/mol. The van der Waals surface area contributed by atoms with E-state index in [2.05, 4.69) is 69.0 Å². The highest BCUT2D eigenvalue weighted by Gasteiger charge is 2.32. The molecule has 6 nitrogen and oxygen atoms in total. The van der Waals surface area contributed by atoms with Gasteiger partial charge in [0.25, 0.3) is 0 Å². The first kappa shape index (κ1) is 27.8. The molecule has 1 aromatic heterocycles. The van der Waals surface area contributed by atoms with Gasteiger partial charge >= 0.3 is 0 Å². The number of piperazine rings is 1. The van der Waals surface area contributed by atoms with Crippen molar-refractivity contribution in [1.82, 2.24) is 20.2 Å². The molecule has 0 bridgehead atoms. The Morgan fingerprint density at radius 3 is 2.42 bits per heavy atom. The van der Waals surface area contributed by atoms with Crippen molar-refractivity contribution in [1.29, 1.82) is 0 Å². The minimum atomic E-state index is -0.176. The number of amides is 1. The number of anilines is 1. The number of hydrogen-bond acceptors (Lipinski definition) is 5. The Labute approximate surface area is 217 Å². The largest absolute Gasteiger partial charge is 0.353 e. The van der Waals surface area contributed by atoms with Crippen LogP contribution in [0, 0.1) is 0 Å². The van der Waals surface area contributed by atoms with Crippen molar-refractivity contribution in [3.8, 4) is 0 Å². The lowest BCUT2D eigenvalue weighted by atomic mass is 9.96. The van der Waals surface area contributed by atoms with E-state index in [1.807, 2.05) is 17.0 Å². The number of halogens is 3. The second-order valence-corrected chi connectivity index (χ2v) is 9.89. The van der Waals surface area contributed by atoms with Gasteiger partial charge in [-0.2, -0.15) is 0 Å². The number of nitrogens with one attached hydrogen (secondary N) is 1. The molecule has 2 aliphatic rings. The fourth-order valence-corrected chi connectivity index (χ4v) is 4.89. The lowest BCUT2D eigenvalue weighted by Crippen LogP contribution is -2.51. The maximum Gasteiger partial charge on any atom is 0.231 e. The molecular formula is C24H34BrCl2N5O. The number of hydrogen-bond donors (Lipinski definition) is 1. The van der Waals surface area contributed by atoms with Crippen LogP contribution in [0.2, 0.25) is 0 Å². The zero-order valence-electron chi connectivity index (χ0n) is 19.5. The van der Waals surface area contributed by atoms with Crippen LogP contribution in [0.1, 0.15) is 55.8 Å². The molecule has 0 spiro atoms. The second kappa shape index (κ2) is 12.3. The Balaban J connectivity index is 0.00000193. The van der Waals surface area contributed by atoms with Crippen LogP contribution in [0.25, 0.3) is 0 Å². The van der Waals surface area contributed by atoms with Gasteiger partial charge in [-0.05, 0) is 36.5 Å². The van der Waals surface area contributed by atoms with Gasteiger partial charge in [-0.25, -0.2) is 9.97 Å². The lowest BCUT2D eigenvalue weighted by molar-refractivity contribution is -0.133. The van der Waals surface area contributed by atoms with Crippen LogP contribution in [0.15, 0.2) is 35.1 Å². The molecule has 1 fully saturated rings. The summed E-state index contributed by atoms with van der Waals surface area (Å²) in [7, 11) is 0. The van der Waals surface area contributed by atoms with Gasteiger partial charge in [0.2, 0.25) is 5.91 Å². The van der Waals surface area contributed by atoms with Gasteiger partial charge in [0.05, 0.1) is 5.92 Å². The summed E-state index contributed by atoms with van der Waals surface area (Å²) in [6.45, 7) is 10.2. The quantitative estimate of drug-likeness (QED) is 0.563. The smallest absolute Gasteiger partial charge is 0.231 e. The zero-order chi connectivity index (χ0) is 22.0. The Bertz CT molecular complexity index is 920. The maximum absolute atomic E-state index is 13.5. The van der Waals surface area contributed by atoms with Crippen molar-refractivity contribution >= 4 is 52.5 Å². The van der Waals surface area contributed by atoms with Gasteiger partial charge < -0.3 is 15.1 Å². The normalized spacial score (nSPS) is 18.4. The summed E-state index contributed by atoms with van der Waals surface area (Å²) in [5, 5.41) is 3.46. The van der Waals surface area contributed by atoms with E-state index in [4.69, 9.17) is 0 Å². The van der Waals surface area contributed by atoms with Crippen LogP contribution in [0.3, 0.4) is 0 Å². The average Bonchev–Trinajstić information content (AvgIpc) is 3.16. The van der Waals surface area contributed by atoms with E-state index >= 15 is 0 Å². The van der Waals surface area contributed by atoms with Gasteiger partial charge in [-0.3, -0.25) is 4.79 Å². The lowest BCUT2D eigenvalue weighted by Gasteiger charge is -2.38. The third-order valence-electron chi connectivity index (χ3n) is 6.44. The zero-order valence-corrected chi connectivity index (χ0v) is 22.7. The molecule has 2 heterocycles. The van der Waals surface area contributed by atoms with Gasteiger partial charge in [-0.1, -0.05) is 48.8 Å². The summed E-state index contributed by atoms with van der Waals surface area (Å²) in [6.07, 6.45) is 3.89. The van der Waals surface area contributed by atoms with Crippen molar-refractivity contribution in [2.75, 3.05) is 37.6 Å². The molecule has 9 heteroatoms. The molecule has 33 heavy (non-hydrogen) atoms. The van der Waals surface area contributed by atoms with Gasteiger partial charge in [0, 0.05) is 54.5 Å². The average molecular weight is 559 g/mol. The van der Waals surface area contributed by atoms with Crippen LogP contribution in [-0.4, -0.2) is 59.5 Å². The SMILES string of the molecule is CC(C)NC[C@@H](C(=O)N1CCN(c2ncnc3c2[C@H](C)CC3)CC1)c1ccc(Br)cc1.Cl.Cl. The number of fused-ring (bicyclic) bond motifs is 1. The van der Waals surface area contributed by atoms with Gasteiger partial charge in [0.15, 0.2) is 0 Å². The maximum atomic E-state index is 13.5. The predicted octanol–water partition coefficient (Wildman–Crippen LogP) is 4.56. The molecule has 1 aliphatic carbocycles. The van der Waals surface area contributed by atoms with E-state index in [1.54, 1.807) is 6.33 Å². The minimum Gasteiger partial charge on any atom is -0.353 e. The van der Waals surface area contributed by atoms with Crippen LogP contribution in [0.5, 0.6) is 0 Å². The molecule has 1 saturated heterocycles. The number of rotatable bonds is 6. The van der Waals surface area contributed by atoms with E-state index < -0.39 is 0 Å². The summed E-state index contributed by atoms with van der Waals surface area (Å²) in [5.74, 6) is 1.62. The topological polar surface area (TPSA) is 61.4 Å². The van der Waals surface area contributed by atoms with Crippen molar-refractivity contribution in [2.24, 2.45) is 0 Å². The molecule has 4 rings (SSSR count). The Morgan fingerprint density at radius 1 is 1.12 bits per heavy atom. The summed E-state index contributed by atoms with van der Waals surface area (Å²) >= 11 is 3.50. The fraction of sp³-hybridized carbons (Fsp3) is 0.542. The molecule has 1 N–H and O–H groups in total. The first-order valence-electron chi connectivity index (χ1n) is 11.3. The molecular weight excluding hydrogens is 525 g/mol. The number of carbonyl (C=O) groups is 1. The van der Waals surface area contributed by atoms with Crippen LogP contribution >= 0.6 is 40.7 Å². The van der Waals surface area contributed by atoms with Gasteiger partial charge in [0.1, 0.15) is 12.1 Å². The summed E-state index contributed by atoms with van der Waals surface area (Å²) in [5.41, 5.74) is 3.58. The molecule has 0 saturated carbocycles. The third-order valence-corrected chi connectivity index (χ3v) is 6.97. The minimum absolute atomic E-state index is 0. The van der Waals surface area contributed by atoms with E-state index in [0.717, 1.165) is 54.9 Å². The summed E-state index contributed by atoms with van der Waals surface area (Å²) < 4.78 is 1.03. The number of aromatic nitrogens is 2. The highest BCUT2D eigenvalue weighted by molar-refractivity contribution is 9.10. The van der Waals surface area contributed by atoms with Crippen molar-refractivity contribution in [2.45, 2.75) is 51.5 Å². The van der Waals surface area contributed by atoms with Crippen LogP contribution in [0.4, 0.5) is 5.82 Å².